The van der Waals surface area contributed by atoms with Gasteiger partial charge >= 0.3 is 0 Å². The van der Waals surface area contributed by atoms with Crippen molar-refractivity contribution >= 4 is 11.0 Å². The second-order valence-corrected chi connectivity index (χ2v) is 5.92. The zero-order chi connectivity index (χ0) is 13.6. The van der Waals surface area contributed by atoms with E-state index in [2.05, 4.69) is 37.5 Å². The van der Waals surface area contributed by atoms with Gasteiger partial charge in [0.2, 0.25) is 0 Å². The highest BCUT2D eigenvalue weighted by atomic mass is 15.1. The van der Waals surface area contributed by atoms with Crippen molar-refractivity contribution in [3.05, 3.63) is 29.6 Å². The van der Waals surface area contributed by atoms with Crippen LogP contribution in [0.25, 0.3) is 11.0 Å². The number of aromatic nitrogens is 2. The lowest BCUT2D eigenvalue weighted by Gasteiger charge is -2.17. The van der Waals surface area contributed by atoms with E-state index in [1.165, 1.54) is 24.2 Å². The Balaban J connectivity index is 2.20. The van der Waals surface area contributed by atoms with Crippen LogP contribution in [0.4, 0.5) is 0 Å². The van der Waals surface area contributed by atoms with Crippen molar-refractivity contribution in [3.8, 4) is 6.07 Å². The van der Waals surface area contributed by atoms with Crippen molar-refractivity contribution in [3.63, 3.8) is 0 Å². The third-order valence-corrected chi connectivity index (χ3v) is 4.17. The van der Waals surface area contributed by atoms with Crippen LogP contribution in [-0.4, -0.2) is 9.55 Å². The van der Waals surface area contributed by atoms with Gasteiger partial charge < -0.3 is 4.57 Å². The molecule has 1 heterocycles. The van der Waals surface area contributed by atoms with Crippen LogP contribution in [0.15, 0.2) is 18.2 Å². The van der Waals surface area contributed by atoms with Crippen LogP contribution in [0.5, 0.6) is 0 Å². The van der Waals surface area contributed by atoms with Crippen molar-refractivity contribution in [2.45, 2.75) is 45.6 Å². The fourth-order valence-electron chi connectivity index (χ4n) is 2.52. The zero-order valence-electron chi connectivity index (χ0n) is 11.7. The standard InChI is InChI=1S/C16H19N3/c1-10(2)11(3)16-18-14-8-12(9-17)4-7-15(14)19(16)13-5-6-13/h4,7-8,10-11,13H,5-6H2,1-3H3. The van der Waals surface area contributed by atoms with Gasteiger partial charge in [0.15, 0.2) is 0 Å². The van der Waals surface area contributed by atoms with Gasteiger partial charge in [0.05, 0.1) is 22.7 Å². The van der Waals surface area contributed by atoms with Crippen molar-refractivity contribution in [2.75, 3.05) is 0 Å². The third-order valence-electron chi connectivity index (χ3n) is 4.17. The molecule has 98 valence electrons. The van der Waals surface area contributed by atoms with Gasteiger partial charge in [0, 0.05) is 12.0 Å². The second kappa shape index (κ2) is 4.38. The third kappa shape index (κ3) is 2.02. The Hall–Kier alpha value is -1.82. The van der Waals surface area contributed by atoms with Crippen LogP contribution in [-0.2, 0) is 0 Å². The summed E-state index contributed by atoms with van der Waals surface area (Å²) in [5.74, 6) is 2.20. The molecular formula is C16H19N3. The predicted molar refractivity (Wildman–Crippen MR) is 76.0 cm³/mol. The number of nitriles is 1. The highest BCUT2D eigenvalue weighted by molar-refractivity contribution is 5.78. The van der Waals surface area contributed by atoms with Gasteiger partial charge in [-0.05, 0) is 37.0 Å². The number of hydrogen-bond acceptors (Lipinski definition) is 2. The number of fused-ring (bicyclic) bond motifs is 1. The molecule has 1 aliphatic carbocycles. The Morgan fingerprint density at radius 1 is 1.32 bits per heavy atom. The maximum atomic E-state index is 9.01. The highest BCUT2D eigenvalue weighted by Gasteiger charge is 2.30. The van der Waals surface area contributed by atoms with Crippen molar-refractivity contribution in [1.82, 2.24) is 9.55 Å². The Morgan fingerprint density at radius 3 is 2.63 bits per heavy atom. The van der Waals surface area contributed by atoms with E-state index < -0.39 is 0 Å². The predicted octanol–water partition coefficient (Wildman–Crippen LogP) is 4.00. The summed E-state index contributed by atoms with van der Waals surface area (Å²) in [5, 5.41) is 9.01. The number of imidazole rings is 1. The highest BCUT2D eigenvalue weighted by Crippen LogP contribution is 2.41. The lowest BCUT2D eigenvalue weighted by molar-refractivity contribution is 0.488. The number of benzene rings is 1. The molecule has 1 aliphatic rings. The molecule has 0 radical (unpaired) electrons. The average Bonchev–Trinajstić information content (AvgIpc) is 3.17. The molecule has 0 aliphatic heterocycles. The van der Waals surface area contributed by atoms with E-state index in [9.17, 15) is 0 Å². The minimum absolute atomic E-state index is 0.443. The van der Waals surface area contributed by atoms with E-state index in [-0.39, 0.29) is 0 Å². The van der Waals surface area contributed by atoms with E-state index in [0.29, 0.717) is 23.4 Å². The normalized spacial score (nSPS) is 16.8. The van der Waals surface area contributed by atoms with E-state index in [4.69, 9.17) is 10.2 Å². The van der Waals surface area contributed by atoms with Crippen LogP contribution < -0.4 is 0 Å². The molecule has 2 aromatic rings. The van der Waals surface area contributed by atoms with Gasteiger partial charge in [0.1, 0.15) is 5.82 Å². The summed E-state index contributed by atoms with van der Waals surface area (Å²) in [5.41, 5.74) is 2.84. The molecule has 1 unspecified atom stereocenters. The summed E-state index contributed by atoms with van der Waals surface area (Å²) in [6, 6.07) is 8.67. The summed E-state index contributed by atoms with van der Waals surface area (Å²) >= 11 is 0. The van der Waals surface area contributed by atoms with Crippen LogP contribution in [0.1, 0.15) is 57.0 Å². The fraction of sp³-hybridized carbons (Fsp3) is 0.500. The largest absolute Gasteiger partial charge is 0.325 e. The van der Waals surface area contributed by atoms with Crippen LogP contribution in [0.2, 0.25) is 0 Å². The van der Waals surface area contributed by atoms with E-state index in [0.717, 1.165) is 5.52 Å². The Morgan fingerprint density at radius 2 is 2.05 bits per heavy atom. The van der Waals surface area contributed by atoms with Crippen LogP contribution >= 0.6 is 0 Å². The molecule has 0 N–H and O–H groups in total. The second-order valence-electron chi connectivity index (χ2n) is 5.92. The summed E-state index contributed by atoms with van der Waals surface area (Å²) in [6.45, 7) is 6.72. The molecular weight excluding hydrogens is 234 g/mol. The van der Waals surface area contributed by atoms with Gasteiger partial charge in [-0.3, -0.25) is 0 Å². The molecule has 3 nitrogen and oxygen atoms in total. The van der Waals surface area contributed by atoms with Gasteiger partial charge in [-0.15, -0.1) is 0 Å². The molecule has 19 heavy (non-hydrogen) atoms. The minimum Gasteiger partial charge on any atom is -0.325 e. The van der Waals surface area contributed by atoms with Crippen molar-refractivity contribution in [2.24, 2.45) is 5.92 Å². The fourth-order valence-corrected chi connectivity index (χ4v) is 2.52. The van der Waals surface area contributed by atoms with E-state index in [1.54, 1.807) is 0 Å². The maximum Gasteiger partial charge on any atom is 0.113 e. The van der Waals surface area contributed by atoms with Gasteiger partial charge in [-0.2, -0.15) is 5.26 Å². The molecule has 0 spiro atoms. The number of hydrogen-bond donors (Lipinski definition) is 0. The molecule has 1 aromatic heterocycles. The quantitative estimate of drug-likeness (QED) is 0.829. The Kier molecular flexibility index (Phi) is 2.82. The molecule has 0 saturated heterocycles. The summed E-state index contributed by atoms with van der Waals surface area (Å²) in [7, 11) is 0. The zero-order valence-corrected chi connectivity index (χ0v) is 11.7. The SMILES string of the molecule is CC(C)C(C)c1nc2cc(C#N)ccc2n1C1CC1. The monoisotopic (exact) mass is 253 g/mol. The van der Waals surface area contributed by atoms with Crippen LogP contribution in [0.3, 0.4) is 0 Å². The molecule has 0 bridgehead atoms. The topological polar surface area (TPSA) is 41.6 Å². The lowest BCUT2D eigenvalue weighted by Crippen LogP contribution is -2.10. The van der Waals surface area contributed by atoms with Gasteiger partial charge in [-0.25, -0.2) is 4.98 Å². The van der Waals surface area contributed by atoms with Gasteiger partial charge in [0.25, 0.3) is 0 Å². The van der Waals surface area contributed by atoms with Crippen molar-refractivity contribution < 1.29 is 0 Å². The molecule has 3 rings (SSSR count). The summed E-state index contributed by atoms with van der Waals surface area (Å²) < 4.78 is 2.40. The van der Waals surface area contributed by atoms with Gasteiger partial charge in [-0.1, -0.05) is 20.8 Å². The Bertz CT molecular complexity index is 656. The first-order valence-corrected chi connectivity index (χ1v) is 7.03. The molecule has 0 amide bonds. The first-order valence-electron chi connectivity index (χ1n) is 7.03. The summed E-state index contributed by atoms with van der Waals surface area (Å²) in [6.07, 6.45) is 2.51. The van der Waals surface area contributed by atoms with E-state index in [1.807, 2.05) is 12.1 Å². The van der Waals surface area contributed by atoms with E-state index >= 15 is 0 Å². The number of nitrogens with zero attached hydrogens (tertiary/aromatic N) is 3. The molecule has 3 heteroatoms. The smallest absolute Gasteiger partial charge is 0.113 e. The molecule has 1 aromatic carbocycles. The van der Waals surface area contributed by atoms with Crippen molar-refractivity contribution in [1.29, 1.82) is 5.26 Å². The summed E-state index contributed by atoms with van der Waals surface area (Å²) in [4.78, 5) is 4.82. The molecule has 1 fully saturated rings. The lowest BCUT2D eigenvalue weighted by atomic mass is 9.97. The Labute approximate surface area is 113 Å². The first-order chi connectivity index (χ1) is 9.11. The van der Waals surface area contributed by atoms with Crippen LogP contribution in [0, 0.1) is 17.2 Å². The molecule has 1 saturated carbocycles. The maximum absolute atomic E-state index is 9.01. The average molecular weight is 253 g/mol. The molecule has 1 atom stereocenters. The first kappa shape index (κ1) is 12.2. The minimum atomic E-state index is 0.443. The number of rotatable bonds is 3.